The minimum Gasteiger partial charge on any atom is -0.464 e. The molecule has 1 amide bonds. The van der Waals surface area contributed by atoms with Crippen LogP contribution in [0.15, 0.2) is 36.2 Å². The van der Waals surface area contributed by atoms with E-state index in [4.69, 9.17) is 11.1 Å². The summed E-state index contributed by atoms with van der Waals surface area (Å²) < 4.78 is 4.60. The Balaban J connectivity index is 2.31. The summed E-state index contributed by atoms with van der Waals surface area (Å²) in [6, 6.07) is 5.81. The van der Waals surface area contributed by atoms with Crippen LogP contribution in [0.1, 0.15) is 18.1 Å². The van der Waals surface area contributed by atoms with Crippen LogP contribution in [-0.2, 0) is 25.7 Å². The van der Waals surface area contributed by atoms with E-state index in [1.165, 1.54) is 25.1 Å². The number of amides is 1. The molecule has 1 aromatic carbocycles. The molecule has 1 aliphatic rings. The summed E-state index contributed by atoms with van der Waals surface area (Å²) in [4.78, 5) is 37.1. The van der Waals surface area contributed by atoms with Crippen LogP contribution in [0.3, 0.4) is 0 Å². The van der Waals surface area contributed by atoms with Gasteiger partial charge in [0.15, 0.2) is 11.8 Å². The van der Waals surface area contributed by atoms with Gasteiger partial charge < -0.3 is 20.7 Å². The monoisotopic (exact) mass is 330 g/mol. The Morgan fingerprint density at radius 2 is 1.96 bits per heavy atom. The van der Waals surface area contributed by atoms with Crippen molar-refractivity contribution < 1.29 is 19.1 Å². The van der Waals surface area contributed by atoms with Crippen molar-refractivity contribution in [1.82, 2.24) is 10.2 Å². The molecule has 0 radical (unpaired) electrons. The fourth-order valence-electron chi connectivity index (χ4n) is 2.39. The molecule has 0 spiro atoms. The largest absolute Gasteiger partial charge is 0.464 e. The first-order chi connectivity index (χ1) is 11.3. The molecule has 0 aliphatic carbocycles. The molecule has 8 nitrogen and oxygen atoms in total. The number of ketones is 1. The second-order valence-electron chi connectivity index (χ2n) is 5.32. The lowest BCUT2D eigenvalue weighted by atomic mass is 10.1. The van der Waals surface area contributed by atoms with E-state index in [2.05, 4.69) is 10.1 Å². The van der Waals surface area contributed by atoms with Gasteiger partial charge in [0, 0.05) is 18.3 Å². The Labute approximate surface area is 138 Å². The van der Waals surface area contributed by atoms with E-state index in [9.17, 15) is 14.4 Å². The van der Waals surface area contributed by atoms with E-state index in [1.807, 2.05) is 0 Å². The first-order valence-corrected chi connectivity index (χ1v) is 7.14. The van der Waals surface area contributed by atoms with E-state index in [-0.39, 0.29) is 23.9 Å². The first kappa shape index (κ1) is 17.2. The summed E-state index contributed by atoms with van der Waals surface area (Å²) in [7, 11) is 1.21. The highest BCUT2D eigenvalue weighted by Gasteiger charge is 2.35. The topological polar surface area (TPSA) is 126 Å². The zero-order chi connectivity index (χ0) is 17.9. The molecule has 0 aromatic heterocycles. The Bertz CT molecular complexity index is 724. The van der Waals surface area contributed by atoms with Crippen LogP contribution in [0.4, 0.5) is 0 Å². The molecule has 1 unspecified atom stereocenters. The minimum absolute atomic E-state index is 0.0274. The number of carbonyl (C=O) groups excluding carboxylic acids is 3. The van der Waals surface area contributed by atoms with Gasteiger partial charge in [-0.2, -0.15) is 0 Å². The Morgan fingerprint density at radius 3 is 2.46 bits per heavy atom. The summed E-state index contributed by atoms with van der Waals surface area (Å²) in [6.45, 7) is 1.55. The van der Waals surface area contributed by atoms with Gasteiger partial charge in [-0.15, -0.1) is 0 Å². The number of hydrogen-bond donors (Lipinski definition) is 3. The predicted octanol–water partition coefficient (Wildman–Crippen LogP) is -0.126. The number of benzene rings is 1. The number of esters is 1. The maximum absolute atomic E-state index is 12.1. The van der Waals surface area contributed by atoms with E-state index in [0.29, 0.717) is 5.56 Å². The average Bonchev–Trinajstić information content (AvgIpc) is 2.53. The lowest BCUT2D eigenvalue weighted by molar-refractivity contribution is -0.141. The highest BCUT2D eigenvalue weighted by atomic mass is 16.5. The van der Waals surface area contributed by atoms with Crippen molar-refractivity contribution in [3.63, 3.8) is 0 Å². The molecule has 4 N–H and O–H groups in total. The van der Waals surface area contributed by atoms with Gasteiger partial charge in [0.05, 0.1) is 7.11 Å². The highest BCUT2D eigenvalue weighted by Crippen LogP contribution is 2.17. The van der Waals surface area contributed by atoms with Crippen molar-refractivity contribution in [1.29, 1.82) is 5.41 Å². The summed E-state index contributed by atoms with van der Waals surface area (Å²) in [5.41, 5.74) is 6.75. The number of nitrogen functional groups attached to an aromatic ring is 1. The molecule has 0 bridgehead atoms. The molecule has 24 heavy (non-hydrogen) atoms. The maximum Gasteiger partial charge on any atom is 0.356 e. The predicted molar refractivity (Wildman–Crippen MR) is 85.7 cm³/mol. The molecule has 1 aliphatic heterocycles. The van der Waals surface area contributed by atoms with E-state index >= 15 is 0 Å². The van der Waals surface area contributed by atoms with Gasteiger partial charge in [-0.3, -0.25) is 15.0 Å². The van der Waals surface area contributed by atoms with E-state index in [1.54, 1.807) is 24.3 Å². The number of nitrogens with zero attached hydrogens (tertiary/aromatic N) is 1. The molecular weight excluding hydrogens is 312 g/mol. The molecular formula is C16H18N4O4. The van der Waals surface area contributed by atoms with Gasteiger partial charge in [-0.1, -0.05) is 24.3 Å². The van der Waals surface area contributed by atoms with Gasteiger partial charge in [0.1, 0.15) is 11.5 Å². The molecule has 8 heteroatoms. The summed E-state index contributed by atoms with van der Waals surface area (Å²) in [5, 5.41) is 9.76. The van der Waals surface area contributed by atoms with Crippen molar-refractivity contribution in [3.05, 3.63) is 47.3 Å². The SMILES string of the molecule is COC(=O)C1=CN(Cc2ccc(C(=N)N)cc2)C(C(C)=O)C(=O)N1. The summed E-state index contributed by atoms with van der Waals surface area (Å²) in [6.07, 6.45) is 1.40. The third kappa shape index (κ3) is 3.60. The van der Waals surface area contributed by atoms with Crippen LogP contribution >= 0.6 is 0 Å². The van der Waals surface area contributed by atoms with Crippen LogP contribution < -0.4 is 11.1 Å². The molecule has 1 heterocycles. The number of methoxy groups -OCH3 is 1. The van der Waals surface area contributed by atoms with Crippen LogP contribution in [0, 0.1) is 5.41 Å². The van der Waals surface area contributed by atoms with Crippen LogP contribution in [0.5, 0.6) is 0 Å². The molecule has 126 valence electrons. The number of carbonyl (C=O) groups is 3. The number of hydrogen-bond acceptors (Lipinski definition) is 6. The number of nitrogens with two attached hydrogens (primary N) is 1. The lowest BCUT2D eigenvalue weighted by Crippen LogP contribution is -2.53. The second kappa shape index (κ2) is 6.95. The fraction of sp³-hybridized carbons (Fsp3) is 0.250. The standard InChI is InChI=1S/C16H18N4O4/c1-9(21)13-15(22)19-12(16(23)24-2)8-20(13)7-10-3-5-11(6-4-10)14(17)18/h3-6,8,13H,7H2,1-2H3,(H3,17,18)(H,19,22). The molecule has 0 saturated heterocycles. The van der Waals surface area contributed by atoms with Gasteiger partial charge in [0.25, 0.3) is 5.91 Å². The molecule has 2 rings (SSSR count). The number of amidine groups is 1. The van der Waals surface area contributed by atoms with Crippen molar-refractivity contribution >= 4 is 23.5 Å². The van der Waals surface area contributed by atoms with Gasteiger partial charge in [-0.25, -0.2) is 4.79 Å². The number of rotatable bonds is 5. The summed E-state index contributed by atoms with van der Waals surface area (Å²) in [5.74, 6) is -1.66. The van der Waals surface area contributed by atoms with Crippen molar-refractivity contribution in [2.45, 2.75) is 19.5 Å². The zero-order valence-electron chi connectivity index (χ0n) is 13.3. The maximum atomic E-state index is 12.1. The van der Waals surface area contributed by atoms with Crippen molar-refractivity contribution in [3.8, 4) is 0 Å². The quantitative estimate of drug-likeness (QED) is 0.299. The minimum atomic E-state index is -1.02. The first-order valence-electron chi connectivity index (χ1n) is 7.14. The number of ether oxygens (including phenoxy) is 1. The number of Topliss-reactive ketones (excluding diaryl/α,β-unsaturated/α-hetero) is 1. The normalized spacial score (nSPS) is 16.9. The molecule has 1 aromatic rings. The molecule has 1 atom stereocenters. The van der Waals surface area contributed by atoms with Gasteiger partial charge in [0.2, 0.25) is 0 Å². The average molecular weight is 330 g/mol. The molecule has 0 saturated carbocycles. The zero-order valence-corrected chi connectivity index (χ0v) is 13.3. The van der Waals surface area contributed by atoms with Crippen LogP contribution in [-0.4, -0.2) is 41.5 Å². The highest BCUT2D eigenvalue weighted by molar-refractivity contribution is 6.08. The van der Waals surface area contributed by atoms with Crippen LogP contribution in [0.2, 0.25) is 0 Å². The third-order valence-electron chi connectivity index (χ3n) is 3.55. The Morgan fingerprint density at radius 1 is 1.33 bits per heavy atom. The van der Waals surface area contributed by atoms with E-state index < -0.39 is 17.9 Å². The third-order valence-corrected chi connectivity index (χ3v) is 3.55. The Kier molecular flexibility index (Phi) is 4.98. The van der Waals surface area contributed by atoms with Crippen molar-refractivity contribution in [2.75, 3.05) is 7.11 Å². The number of nitrogens with one attached hydrogen (secondary N) is 2. The van der Waals surface area contributed by atoms with Gasteiger partial charge in [-0.05, 0) is 12.5 Å². The summed E-state index contributed by atoms with van der Waals surface area (Å²) >= 11 is 0. The lowest BCUT2D eigenvalue weighted by Gasteiger charge is -2.32. The van der Waals surface area contributed by atoms with Gasteiger partial charge >= 0.3 is 5.97 Å². The smallest absolute Gasteiger partial charge is 0.356 e. The Hall–Kier alpha value is -3.16. The van der Waals surface area contributed by atoms with Crippen LogP contribution in [0.25, 0.3) is 0 Å². The van der Waals surface area contributed by atoms with Crippen molar-refractivity contribution in [2.24, 2.45) is 5.73 Å². The second-order valence-corrected chi connectivity index (χ2v) is 5.32. The van der Waals surface area contributed by atoms with E-state index in [0.717, 1.165) is 5.56 Å². The fourth-order valence-corrected chi connectivity index (χ4v) is 2.39. The molecule has 0 fully saturated rings.